The molecule has 0 saturated heterocycles. The van der Waals surface area contributed by atoms with E-state index in [2.05, 4.69) is 233 Å². The Balaban J connectivity index is 0.981. The molecule has 13 rings (SSSR count). The smallest absolute Gasteiger partial charge is 0.0540 e. The molecular weight excluding hydrogens is 803 g/mol. The van der Waals surface area contributed by atoms with E-state index in [0.29, 0.717) is 0 Å². The van der Waals surface area contributed by atoms with E-state index in [1.165, 1.54) is 130 Å². The van der Waals surface area contributed by atoms with E-state index in [0.717, 1.165) is 5.69 Å². The minimum Gasteiger partial charge on any atom is -0.309 e. The highest BCUT2D eigenvalue weighted by Gasteiger charge is 2.37. The fourth-order valence-corrected chi connectivity index (χ4v) is 12.4. The zero-order valence-electron chi connectivity index (χ0n) is 36.9. The lowest BCUT2D eigenvalue weighted by Crippen LogP contribution is -2.17. The van der Waals surface area contributed by atoms with Crippen LogP contribution in [0.3, 0.4) is 0 Å². The predicted octanol–water partition coefficient (Wildman–Crippen LogP) is 18.4. The molecule has 1 heterocycles. The van der Waals surface area contributed by atoms with E-state index >= 15 is 0 Å². The average molecular weight is 848 g/mol. The Hall–Kier alpha value is -7.52. The molecule has 12 aromatic rings. The fourth-order valence-electron chi connectivity index (χ4n) is 11.3. The Labute approximate surface area is 383 Å². The summed E-state index contributed by atoms with van der Waals surface area (Å²) in [5.41, 5.74) is 16.3. The van der Waals surface area contributed by atoms with Crippen molar-refractivity contribution >= 4 is 91.7 Å². The molecule has 11 aromatic carbocycles. The fraction of sp³-hybridized carbons (Fsp3) is 0.0794. The summed E-state index contributed by atoms with van der Waals surface area (Å²) in [6.45, 7) is 9.27. The monoisotopic (exact) mass is 847 g/mol. The first kappa shape index (κ1) is 38.0. The van der Waals surface area contributed by atoms with Gasteiger partial charge in [-0.05, 0) is 150 Å². The number of anilines is 3. The molecule has 1 aliphatic carbocycles. The van der Waals surface area contributed by atoms with Crippen molar-refractivity contribution in [1.29, 1.82) is 0 Å². The van der Waals surface area contributed by atoms with Crippen molar-refractivity contribution in [1.82, 2.24) is 0 Å². The molecule has 65 heavy (non-hydrogen) atoms. The first-order valence-electron chi connectivity index (χ1n) is 22.8. The van der Waals surface area contributed by atoms with Gasteiger partial charge in [-0.25, -0.2) is 0 Å². The van der Waals surface area contributed by atoms with E-state index in [1.807, 2.05) is 11.3 Å². The average Bonchev–Trinajstić information content (AvgIpc) is 3.82. The van der Waals surface area contributed by atoms with Gasteiger partial charge in [0.2, 0.25) is 0 Å². The van der Waals surface area contributed by atoms with E-state index in [4.69, 9.17) is 0 Å². The lowest BCUT2D eigenvalue weighted by molar-refractivity contribution is 0.660. The van der Waals surface area contributed by atoms with Gasteiger partial charge in [-0.1, -0.05) is 166 Å². The SMILES string of the molecule is Cc1ccc(N(c2ccc3c(c2)C(C)(C)c2cc(-c4c5ccccc5c(-c5ccc6sc7ccccc7c6c5)c5ccccc45)ccc2-3)c2ccc(C)c3ccccc23)c2ccccc12. The third kappa shape index (κ3) is 5.63. The molecule has 0 spiro atoms. The Kier molecular flexibility index (Phi) is 8.32. The highest BCUT2D eigenvalue weighted by Crippen LogP contribution is 2.54. The standard InChI is InChI=1S/C63H45NS/c1-38-25-32-57(47-17-7-5-15-43(38)47)64(58-33-26-39(2)44-16-6-8-18-48(44)58)42-29-31-46-45-30-27-41(36-55(45)63(3,4)56(46)37-42)62-52-22-11-9-20-50(52)61(51-21-10-12-23-53(51)62)40-28-34-60-54(35-40)49-19-13-14-24-59(49)65-60/h5-37H,1-4H3. The van der Waals surface area contributed by atoms with Gasteiger partial charge in [-0.15, -0.1) is 11.3 Å². The maximum atomic E-state index is 2.51. The molecule has 0 radical (unpaired) electrons. The number of benzene rings is 11. The van der Waals surface area contributed by atoms with Crippen LogP contribution in [0, 0.1) is 13.8 Å². The predicted molar refractivity (Wildman–Crippen MR) is 282 cm³/mol. The highest BCUT2D eigenvalue weighted by molar-refractivity contribution is 7.25. The number of hydrogen-bond acceptors (Lipinski definition) is 2. The van der Waals surface area contributed by atoms with Crippen LogP contribution in [0.1, 0.15) is 36.1 Å². The molecule has 0 saturated carbocycles. The van der Waals surface area contributed by atoms with Gasteiger partial charge in [-0.2, -0.15) is 0 Å². The molecule has 1 aliphatic rings. The van der Waals surface area contributed by atoms with Crippen molar-refractivity contribution < 1.29 is 0 Å². The van der Waals surface area contributed by atoms with Crippen LogP contribution in [-0.4, -0.2) is 0 Å². The van der Waals surface area contributed by atoms with Crippen LogP contribution in [0.15, 0.2) is 200 Å². The molecule has 0 aliphatic heterocycles. The molecule has 0 unspecified atom stereocenters. The minimum absolute atomic E-state index is 0.253. The Morgan fingerprint density at radius 2 is 0.785 bits per heavy atom. The summed E-state index contributed by atoms with van der Waals surface area (Å²) in [6, 6.07) is 75.4. The Morgan fingerprint density at radius 1 is 0.354 bits per heavy atom. The molecule has 0 N–H and O–H groups in total. The van der Waals surface area contributed by atoms with Crippen LogP contribution >= 0.6 is 11.3 Å². The van der Waals surface area contributed by atoms with Crippen LogP contribution in [0.25, 0.3) is 96.6 Å². The zero-order valence-corrected chi connectivity index (χ0v) is 37.7. The van der Waals surface area contributed by atoms with E-state index < -0.39 is 0 Å². The van der Waals surface area contributed by atoms with Gasteiger partial charge in [-0.3, -0.25) is 0 Å². The van der Waals surface area contributed by atoms with E-state index in [1.54, 1.807) is 0 Å². The van der Waals surface area contributed by atoms with Crippen molar-refractivity contribution in [3.8, 4) is 33.4 Å². The van der Waals surface area contributed by atoms with Gasteiger partial charge < -0.3 is 4.90 Å². The van der Waals surface area contributed by atoms with Crippen LogP contribution in [0.5, 0.6) is 0 Å². The van der Waals surface area contributed by atoms with Crippen molar-refractivity contribution in [3.63, 3.8) is 0 Å². The maximum absolute atomic E-state index is 2.51. The summed E-state index contributed by atoms with van der Waals surface area (Å²) in [6.07, 6.45) is 0. The van der Waals surface area contributed by atoms with Crippen LogP contribution < -0.4 is 4.90 Å². The molecule has 0 atom stereocenters. The van der Waals surface area contributed by atoms with Gasteiger partial charge in [0.15, 0.2) is 0 Å². The van der Waals surface area contributed by atoms with E-state index in [9.17, 15) is 0 Å². The number of rotatable bonds is 5. The summed E-state index contributed by atoms with van der Waals surface area (Å²) in [4.78, 5) is 2.51. The Morgan fingerprint density at radius 3 is 1.35 bits per heavy atom. The van der Waals surface area contributed by atoms with Gasteiger partial charge in [0, 0.05) is 42.0 Å². The summed E-state index contributed by atoms with van der Waals surface area (Å²) in [5.74, 6) is 0. The highest BCUT2D eigenvalue weighted by atomic mass is 32.1. The second kappa shape index (κ2) is 14.2. The van der Waals surface area contributed by atoms with Gasteiger partial charge in [0.1, 0.15) is 0 Å². The third-order valence-electron chi connectivity index (χ3n) is 14.5. The number of aryl methyl sites for hydroxylation is 2. The van der Waals surface area contributed by atoms with Crippen molar-refractivity contribution in [2.75, 3.05) is 4.90 Å². The number of fused-ring (bicyclic) bond motifs is 10. The number of thiophene rings is 1. The zero-order chi connectivity index (χ0) is 43.6. The van der Waals surface area contributed by atoms with Crippen LogP contribution in [0.2, 0.25) is 0 Å². The lowest BCUT2D eigenvalue weighted by atomic mass is 9.80. The first-order valence-corrected chi connectivity index (χ1v) is 23.6. The summed E-state index contributed by atoms with van der Waals surface area (Å²) >= 11 is 1.88. The maximum Gasteiger partial charge on any atom is 0.0540 e. The molecule has 2 heteroatoms. The third-order valence-corrected chi connectivity index (χ3v) is 15.7. The molecular formula is C63H45NS. The summed E-state index contributed by atoms with van der Waals surface area (Å²) in [5, 5.41) is 12.8. The normalized spacial score (nSPS) is 13.0. The van der Waals surface area contributed by atoms with E-state index in [-0.39, 0.29) is 5.41 Å². The molecule has 0 amide bonds. The van der Waals surface area contributed by atoms with Crippen molar-refractivity contribution in [2.45, 2.75) is 33.1 Å². The number of hydrogen-bond donors (Lipinski definition) is 0. The van der Waals surface area contributed by atoms with Crippen LogP contribution in [0.4, 0.5) is 17.1 Å². The minimum atomic E-state index is -0.253. The molecule has 1 nitrogen and oxygen atoms in total. The number of nitrogens with zero attached hydrogens (tertiary/aromatic N) is 1. The Bertz CT molecular complexity index is 3820. The summed E-state index contributed by atoms with van der Waals surface area (Å²) in [7, 11) is 0. The summed E-state index contributed by atoms with van der Waals surface area (Å²) < 4.78 is 2.66. The van der Waals surface area contributed by atoms with Crippen molar-refractivity contribution in [2.24, 2.45) is 0 Å². The van der Waals surface area contributed by atoms with Gasteiger partial charge in [0.05, 0.1) is 11.4 Å². The van der Waals surface area contributed by atoms with Crippen LogP contribution in [-0.2, 0) is 5.41 Å². The van der Waals surface area contributed by atoms with Gasteiger partial charge in [0.25, 0.3) is 0 Å². The second-order valence-electron chi connectivity index (χ2n) is 18.5. The lowest BCUT2D eigenvalue weighted by Gasteiger charge is -2.30. The second-order valence-corrected chi connectivity index (χ2v) is 19.6. The first-order chi connectivity index (χ1) is 31.8. The molecule has 1 aromatic heterocycles. The molecule has 0 bridgehead atoms. The topological polar surface area (TPSA) is 3.24 Å². The van der Waals surface area contributed by atoms with Crippen molar-refractivity contribution in [3.05, 3.63) is 222 Å². The quantitative estimate of drug-likeness (QED) is 0.156. The molecule has 308 valence electrons. The molecule has 0 fully saturated rings. The largest absolute Gasteiger partial charge is 0.309 e. The van der Waals surface area contributed by atoms with Gasteiger partial charge >= 0.3 is 0 Å².